The van der Waals surface area contributed by atoms with Crippen molar-refractivity contribution in [3.05, 3.63) is 0 Å². The summed E-state index contributed by atoms with van der Waals surface area (Å²) in [6, 6.07) is 1.62. The highest BCUT2D eigenvalue weighted by Crippen LogP contribution is 2.24. The maximum Gasteiger partial charge on any atom is 0.0110 e. The Kier molecular flexibility index (Phi) is 4.66. The molecular formula is C14H28N2. The van der Waals surface area contributed by atoms with Crippen LogP contribution in [0.2, 0.25) is 0 Å². The smallest absolute Gasteiger partial charge is 0.0110 e. The van der Waals surface area contributed by atoms with Crippen LogP contribution in [0.3, 0.4) is 0 Å². The van der Waals surface area contributed by atoms with Crippen molar-refractivity contribution in [1.82, 2.24) is 10.2 Å². The van der Waals surface area contributed by atoms with Gasteiger partial charge in [0, 0.05) is 25.2 Å². The molecule has 0 aromatic carbocycles. The summed E-state index contributed by atoms with van der Waals surface area (Å²) < 4.78 is 0. The van der Waals surface area contributed by atoms with Gasteiger partial charge in [0.15, 0.2) is 0 Å². The predicted octanol–water partition coefficient (Wildman–Crippen LogP) is 2.64. The highest BCUT2D eigenvalue weighted by molar-refractivity contribution is 4.81. The van der Waals surface area contributed by atoms with Crippen LogP contribution in [0, 0.1) is 5.92 Å². The average Bonchev–Trinajstić information content (AvgIpc) is 2.67. The summed E-state index contributed by atoms with van der Waals surface area (Å²) in [5.41, 5.74) is 0. The average molecular weight is 224 g/mol. The molecule has 1 saturated heterocycles. The van der Waals surface area contributed by atoms with Crippen LogP contribution in [-0.4, -0.2) is 36.6 Å². The maximum absolute atomic E-state index is 3.76. The minimum absolute atomic E-state index is 0.806. The standard InChI is InChI=1S/C14H28N2/c1-12-6-5-8-14(12)15-9-11-16-10-4-3-7-13(16)2/h12-15H,3-11H2,1-2H3. The van der Waals surface area contributed by atoms with Crippen molar-refractivity contribution >= 4 is 0 Å². The summed E-state index contributed by atoms with van der Waals surface area (Å²) in [5.74, 6) is 0.902. The van der Waals surface area contributed by atoms with E-state index in [2.05, 4.69) is 24.1 Å². The Morgan fingerprint density at radius 3 is 2.62 bits per heavy atom. The van der Waals surface area contributed by atoms with Gasteiger partial charge in [-0.2, -0.15) is 0 Å². The first-order valence-corrected chi connectivity index (χ1v) is 7.25. The molecule has 0 aromatic rings. The van der Waals surface area contributed by atoms with E-state index < -0.39 is 0 Å². The number of nitrogens with one attached hydrogen (secondary N) is 1. The molecule has 3 atom stereocenters. The molecule has 0 amide bonds. The number of hydrogen-bond acceptors (Lipinski definition) is 2. The number of nitrogens with zero attached hydrogens (tertiary/aromatic N) is 1. The van der Waals surface area contributed by atoms with Crippen molar-refractivity contribution in [2.24, 2.45) is 5.92 Å². The Morgan fingerprint density at radius 2 is 1.94 bits per heavy atom. The van der Waals surface area contributed by atoms with Gasteiger partial charge in [0.1, 0.15) is 0 Å². The molecular weight excluding hydrogens is 196 g/mol. The quantitative estimate of drug-likeness (QED) is 0.790. The molecule has 2 aliphatic rings. The van der Waals surface area contributed by atoms with Crippen LogP contribution >= 0.6 is 0 Å². The van der Waals surface area contributed by atoms with Gasteiger partial charge in [0.2, 0.25) is 0 Å². The zero-order valence-electron chi connectivity index (χ0n) is 11.0. The Labute approximate surface area is 101 Å². The predicted molar refractivity (Wildman–Crippen MR) is 69.7 cm³/mol. The first-order valence-electron chi connectivity index (χ1n) is 7.25. The molecule has 0 bridgehead atoms. The van der Waals surface area contributed by atoms with Gasteiger partial charge >= 0.3 is 0 Å². The van der Waals surface area contributed by atoms with Gasteiger partial charge in [-0.1, -0.05) is 19.8 Å². The van der Waals surface area contributed by atoms with Gasteiger partial charge < -0.3 is 5.32 Å². The van der Waals surface area contributed by atoms with Gasteiger partial charge in [-0.15, -0.1) is 0 Å². The molecule has 2 nitrogen and oxygen atoms in total. The third kappa shape index (κ3) is 3.21. The molecule has 1 aliphatic heterocycles. The molecule has 2 rings (SSSR count). The van der Waals surface area contributed by atoms with E-state index in [9.17, 15) is 0 Å². The molecule has 0 aromatic heterocycles. The molecule has 1 saturated carbocycles. The normalized spacial score (nSPS) is 36.8. The lowest BCUT2D eigenvalue weighted by Gasteiger charge is -2.33. The molecule has 94 valence electrons. The van der Waals surface area contributed by atoms with Crippen molar-refractivity contribution in [1.29, 1.82) is 0 Å². The van der Waals surface area contributed by atoms with Crippen LogP contribution in [0.4, 0.5) is 0 Å². The Morgan fingerprint density at radius 1 is 1.06 bits per heavy atom. The number of likely N-dealkylation sites (tertiary alicyclic amines) is 1. The fraction of sp³-hybridized carbons (Fsp3) is 1.00. The largest absolute Gasteiger partial charge is 0.312 e. The summed E-state index contributed by atoms with van der Waals surface area (Å²) in [5, 5.41) is 3.76. The van der Waals surface area contributed by atoms with E-state index >= 15 is 0 Å². The molecule has 1 N–H and O–H groups in total. The van der Waals surface area contributed by atoms with Gasteiger partial charge in [0.25, 0.3) is 0 Å². The third-order valence-electron chi connectivity index (χ3n) is 4.61. The Bertz CT molecular complexity index is 205. The number of hydrogen-bond donors (Lipinski definition) is 1. The second kappa shape index (κ2) is 6.02. The molecule has 1 aliphatic carbocycles. The molecule has 2 fully saturated rings. The van der Waals surface area contributed by atoms with Crippen LogP contribution in [0.5, 0.6) is 0 Å². The van der Waals surface area contributed by atoms with Crippen molar-refractivity contribution < 1.29 is 0 Å². The second-order valence-electron chi connectivity index (χ2n) is 5.85. The van der Waals surface area contributed by atoms with E-state index in [0.29, 0.717) is 0 Å². The molecule has 16 heavy (non-hydrogen) atoms. The third-order valence-corrected chi connectivity index (χ3v) is 4.61. The molecule has 1 heterocycles. The highest BCUT2D eigenvalue weighted by atomic mass is 15.2. The maximum atomic E-state index is 3.76. The van der Waals surface area contributed by atoms with Crippen LogP contribution in [-0.2, 0) is 0 Å². The van der Waals surface area contributed by atoms with Crippen molar-refractivity contribution in [2.45, 2.75) is 64.5 Å². The molecule has 0 spiro atoms. The van der Waals surface area contributed by atoms with Crippen molar-refractivity contribution in [3.63, 3.8) is 0 Å². The summed E-state index contributed by atoms with van der Waals surface area (Å²) in [6.07, 6.45) is 8.50. The Hall–Kier alpha value is -0.0800. The number of rotatable bonds is 4. The van der Waals surface area contributed by atoms with Gasteiger partial charge in [-0.05, 0) is 45.1 Å². The van der Waals surface area contributed by atoms with Crippen LogP contribution in [0.15, 0.2) is 0 Å². The lowest BCUT2D eigenvalue weighted by Crippen LogP contribution is -2.43. The van der Waals surface area contributed by atoms with E-state index in [1.54, 1.807) is 0 Å². The number of piperidine rings is 1. The van der Waals surface area contributed by atoms with Crippen molar-refractivity contribution in [3.8, 4) is 0 Å². The van der Waals surface area contributed by atoms with E-state index in [1.165, 1.54) is 58.2 Å². The molecule has 0 radical (unpaired) electrons. The fourth-order valence-electron chi connectivity index (χ4n) is 3.33. The van der Waals surface area contributed by atoms with E-state index in [1.807, 2.05) is 0 Å². The van der Waals surface area contributed by atoms with Crippen LogP contribution < -0.4 is 5.32 Å². The first kappa shape index (κ1) is 12.4. The van der Waals surface area contributed by atoms with Gasteiger partial charge in [-0.3, -0.25) is 4.90 Å². The molecule has 2 heteroatoms. The summed E-state index contributed by atoms with van der Waals surface area (Å²) >= 11 is 0. The lowest BCUT2D eigenvalue weighted by atomic mass is 10.0. The van der Waals surface area contributed by atoms with E-state index in [0.717, 1.165) is 18.0 Å². The second-order valence-corrected chi connectivity index (χ2v) is 5.85. The topological polar surface area (TPSA) is 15.3 Å². The highest BCUT2D eigenvalue weighted by Gasteiger charge is 2.23. The lowest BCUT2D eigenvalue weighted by molar-refractivity contribution is 0.159. The van der Waals surface area contributed by atoms with Gasteiger partial charge in [-0.25, -0.2) is 0 Å². The zero-order valence-corrected chi connectivity index (χ0v) is 11.0. The van der Waals surface area contributed by atoms with Crippen LogP contribution in [0.25, 0.3) is 0 Å². The summed E-state index contributed by atoms with van der Waals surface area (Å²) in [7, 11) is 0. The monoisotopic (exact) mass is 224 g/mol. The minimum Gasteiger partial charge on any atom is -0.312 e. The fourth-order valence-corrected chi connectivity index (χ4v) is 3.33. The van der Waals surface area contributed by atoms with Crippen molar-refractivity contribution in [2.75, 3.05) is 19.6 Å². The first-order chi connectivity index (χ1) is 7.77. The SMILES string of the molecule is CC1CCCC1NCCN1CCCCC1C. The zero-order chi connectivity index (χ0) is 11.4. The van der Waals surface area contributed by atoms with Crippen LogP contribution in [0.1, 0.15) is 52.4 Å². The molecule has 3 unspecified atom stereocenters. The summed E-state index contributed by atoms with van der Waals surface area (Å²) in [6.45, 7) is 8.55. The van der Waals surface area contributed by atoms with E-state index in [-0.39, 0.29) is 0 Å². The Balaban J connectivity index is 1.63. The summed E-state index contributed by atoms with van der Waals surface area (Å²) in [4.78, 5) is 2.66. The minimum atomic E-state index is 0.806. The van der Waals surface area contributed by atoms with Gasteiger partial charge in [0.05, 0.1) is 0 Å². The van der Waals surface area contributed by atoms with E-state index in [4.69, 9.17) is 0 Å².